The zero-order valence-electron chi connectivity index (χ0n) is 11.0. The fourth-order valence-electron chi connectivity index (χ4n) is 1.57. The Morgan fingerprint density at radius 1 is 1.00 bits per heavy atom. The van der Waals surface area contributed by atoms with Crippen molar-refractivity contribution >= 4 is 28.4 Å². The highest BCUT2D eigenvalue weighted by molar-refractivity contribution is 14.1. The largest absolute Gasteiger partial charge is 0.494 e. The summed E-state index contributed by atoms with van der Waals surface area (Å²) in [6, 6.07) is 7.71. The number of nitrogens with two attached hydrogens (primary N) is 1. The van der Waals surface area contributed by atoms with E-state index in [2.05, 4.69) is 22.6 Å². The number of halogens is 1. The number of unbranched alkanes of at least 4 members (excludes halogenated alkanes) is 2. The van der Waals surface area contributed by atoms with Crippen LogP contribution in [0.2, 0.25) is 0 Å². The van der Waals surface area contributed by atoms with Gasteiger partial charge in [-0.2, -0.15) is 0 Å². The zero-order chi connectivity index (χ0) is 13.9. The Morgan fingerprint density at radius 2 is 1.58 bits per heavy atom. The molecule has 3 N–H and O–H groups in total. The van der Waals surface area contributed by atoms with Crippen molar-refractivity contribution in [1.29, 1.82) is 5.41 Å². The predicted octanol–water partition coefficient (Wildman–Crippen LogP) is 3.38. The highest BCUT2D eigenvalue weighted by Gasteiger charge is 1.97. The van der Waals surface area contributed by atoms with E-state index >= 15 is 0 Å². The Bertz CT molecular complexity index is 368. The van der Waals surface area contributed by atoms with Crippen LogP contribution in [-0.2, 0) is 0 Å². The fourth-order valence-corrected chi connectivity index (χ4v) is 1.79. The van der Waals surface area contributed by atoms with Crippen molar-refractivity contribution < 1.29 is 9.47 Å². The van der Waals surface area contributed by atoms with Gasteiger partial charge in [0.25, 0.3) is 0 Å². The molecule has 4 nitrogen and oxygen atoms in total. The molecule has 106 valence electrons. The van der Waals surface area contributed by atoms with Crippen LogP contribution in [0.3, 0.4) is 0 Å². The van der Waals surface area contributed by atoms with Crippen molar-refractivity contribution in [3.8, 4) is 11.5 Å². The van der Waals surface area contributed by atoms with Crippen LogP contribution >= 0.6 is 22.6 Å². The number of rotatable bonds is 10. The third-order valence-corrected chi connectivity index (χ3v) is 2.97. The van der Waals surface area contributed by atoms with E-state index in [0.717, 1.165) is 41.8 Å². The zero-order valence-corrected chi connectivity index (χ0v) is 13.2. The van der Waals surface area contributed by atoms with E-state index in [1.165, 1.54) is 0 Å². The number of hydrogen-bond acceptors (Lipinski definition) is 3. The highest BCUT2D eigenvalue weighted by atomic mass is 127. The summed E-state index contributed by atoms with van der Waals surface area (Å²) < 4.78 is 12.1. The summed E-state index contributed by atoms with van der Waals surface area (Å²) in [5.74, 6) is 2.02. The molecular weight excluding hydrogens is 355 g/mol. The first-order valence-electron chi connectivity index (χ1n) is 6.47. The van der Waals surface area contributed by atoms with E-state index in [9.17, 15) is 0 Å². The monoisotopic (exact) mass is 376 g/mol. The van der Waals surface area contributed by atoms with Crippen LogP contribution in [0.25, 0.3) is 0 Å². The minimum atomic E-state index is 0.267. The van der Waals surface area contributed by atoms with Gasteiger partial charge in [0.2, 0.25) is 0 Å². The molecule has 0 heterocycles. The Morgan fingerprint density at radius 3 is 2.11 bits per heavy atom. The molecule has 19 heavy (non-hydrogen) atoms. The molecule has 0 saturated heterocycles. The summed E-state index contributed by atoms with van der Waals surface area (Å²) in [5.41, 5.74) is 5.29. The van der Waals surface area contributed by atoms with Gasteiger partial charge < -0.3 is 15.2 Å². The van der Waals surface area contributed by atoms with Crippen molar-refractivity contribution in [1.82, 2.24) is 0 Å². The van der Waals surface area contributed by atoms with Crippen molar-refractivity contribution in [2.45, 2.75) is 25.7 Å². The quantitative estimate of drug-likeness (QED) is 0.216. The lowest BCUT2D eigenvalue weighted by atomic mass is 10.2. The molecule has 0 spiro atoms. The molecular formula is C14H21IN2O2. The topological polar surface area (TPSA) is 68.3 Å². The van der Waals surface area contributed by atoms with Crippen LogP contribution in [0.5, 0.6) is 11.5 Å². The number of amidine groups is 1. The normalized spacial score (nSPS) is 10.2. The van der Waals surface area contributed by atoms with Crippen LogP contribution in [0.4, 0.5) is 0 Å². The van der Waals surface area contributed by atoms with Crippen molar-refractivity contribution in [3.63, 3.8) is 0 Å². The Labute approximate surface area is 128 Å². The highest BCUT2D eigenvalue weighted by Crippen LogP contribution is 2.18. The minimum absolute atomic E-state index is 0.267. The van der Waals surface area contributed by atoms with Gasteiger partial charge in [-0.15, -0.1) is 0 Å². The summed E-state index contributed by atoms with van der Waals surface area (Å²) in [7, 11) is 0. The molecule has 0 aliphatic rings. The van der Waals surface area contributed by atoms with Crippen LogP contribution in [0.1, 0.15) is 25.7 Å². The van der Waals surface area contributed by atoms with E-state index in [1.807, 2.05) is 24.3 Å². The summed E-state index contributed by atoms with van der Waals surface area (Å²) in [6.45, 7) is 1.43. The second-order valence-electron chi connectivity index (χ2n) is 4.19. The molecule has 0 aliphatic carbocycles. The van der Waals surface area contributed by atoms with Crippen LogP contribution in [-0.4, -0.2) is 23.5 Å². The lowest BCUT2D eigenvalue weighted by Crippen LogP contribution is -2.08. The maximum atomic E-state index is 7.11. The SMILES string of the molecule is N=C(N)CCCCCOc1ccc(OCCI)cc1. The molecule has 0 aliphatic heterocycles. The fraction of sp³-hybridized carbons (Fsp3) is 0.500. The summed E-state index contributed by atoms with van der Waals surface area (Å²) in [5, 5.41) is 7.11. The molecule has 0 fully saturated rings. The number of ether oxygens (including phenoxy) is 2. The molecule has 0 radical (unpaired) electrons. The maximum absolute atomic E-state index is 7.11. The molecule has 1 rings (SSSR count). The average Bonchev–Trinajstić information content (AvgIpc) is 2.41. The third kappa shape index (κ3) is 7.92. The van der Waals surface area contributed by atoms with Crippen LogP contribution in [0, 0.1) is 5.41 Å². The summed E-state index contributed by atoms with van der Waals surface area (Å²) >= 11 is 2.28. The first-order valence-corrected chi connectivity index (χ1v) is 7.99. The minimum Gasteiger partial charge on any atom is -0.494 e. The lowest BCUT2D eigenvalue weighted by Gasteiger charge is -2.08. The van der Waals surface area contributed by atoms with Crippen LogP contribution < -0.4 is 15.2 Å². The van der Waals surface area contributed by atoms with Gasteiger partial charge in [-0.3, -0.25) is 5.41 Å². The van der Waals surface area contributed by atoms with Crippen molar-refractivity contribution in [2.24, 2.45) is 5.73 Å². The van der Waals surface area contributed by atoms with Crippen LogP contribution in [0.15, 0.2) is 24.3 Å². The summed E-state index contributed by atoms with van der Waals surface area (Å²) in [4.78, 5) is 0. The number of alkyl halides is 1. The van der Waals surface area contributed by atoms with Gasteiger partial charge in [-0.1, -0.05) is 22.6 Å². The third-order valence-electron chi connectivity index (χ3n) is 2.53. The molecule has 1 aromatic rings. The molecule has 0 saturated carbocycles. The average molecular weight is 376 g/mol. The van der Waals surface area contributed by atoms with Gasteiger partial charge in [0.1, 0.15) is 11.5 Å². The first-order chi connectivity index (χ1) is 9.22. The molecule has 0 aromatic heterocycles. The molecule has 5 heteroatoms. The molecule has 1 aromatic carbocycles. The van der Waals surface area contributed by atoms with E-state index in [4.69, 9.17) is 20.6 Å². The molecule has 0 unspecified atom stereocenters. The second-order valence-corrected chi connectivity index (χ2v) is 5.27. The van der Waals surface area contributed by atoms with Gasteiger partial charge in [0.05, 0.1) is 19.0 Å². The predicted molar refractivity (Wildman–Crippen MR) is 86.7 cm³/mol. The number of benzene rings is 1. The van der Waals surface area contributed by atoms with Crippen molar-refractivity contribution in [2.75, 3.05) is 17.6 Å². The molecule has 0 bridgehead atoms. The van der Waals surface area contributed by atoms with Gasteiger partial charge in [-0.25, -0.2) is 0 Å². The van der Waals surface area contributed by atoms with E-state index < -0.39 is 0 Å². The van der Waals surface area contributed by atoms with E-state index in [1.54, 1.807) is 0 Å². The van der Waals surface area contributed by atoms with Gasteiger partial charge in [0.15, 0.2) is 0 Å². The standard InChI is InChI=1S/C14H21IN2O2/c15-9-11-19-13-7-5-12(6-8-13)18-10-3-1-2-4-14(16)17/h5-8H,1-4,9-11H2,(H3,16,17). The number of hydrogen-bond donors (Lipinski definition) is 2. The van der Waals surface area contributed by atoms with Gasteiger partial charge >= 0.3 is 0 Å². The Kier molecular flexibility index (Phi) is 8.36. The smallest absolute Gasteiger partial charge is 0.119 e. The molecule has 0 amide bonds. The van der Waals surface area contributed by atoms with E-state index in [0.29, 0.717) is 13.0 Å². The second kappa shape index (κ2) is 9.89. The summed E-state index contributed by atoms with van der Waals surface area (Å²) in [6.07, 6.45) is 3.67. The lowest BCUT2D eigenvalue weighted by molar-refractivity contribution is 0.304. The first kappa shape index (κ1) is 16.1. The molecule has 0 atom stereocenters. The van der Waals surface area contributed by atoms with Gasteiger partial charge in [0, 0.05) is 10.8 Å². The maximum Gasteiger partial charge on any atom is 0.119 e. The number of nitrogens with one attached hydrogen (secondary N) is 1. The Balaban J connectivity index is 2.14. The Hall–Kier alpha value is -0.980. The van der Waals surface area contributed by atoms with Crippen molar-refractivity contribution in [3.05, 3.63) is 24.3 Å². The van der Waals surface area contributed by atoms with E-state index in [-0.39, 0.29) is 5.84 Å². The van der Waals surface area contributed by atoms with Gasteiger partial charge in [-0.05, 0) is 43.5 Å².